The molecule has 118 valence electrons. The predicted molar refractivity (Wildman–Crippen MR) is 91.9 cm³/mol. The Morgan fingerprint density at radius 1 is 1.45 bits per heavy atom. The van der Waals surface area contributed by atoms with Crippen molar-refractivity contribution in [2.24, 2.45) is 10.4 Å². The van der Waals surface area contributed by atoms with Crippen LogP contribution in [-0.4, -0.2) is 63.5 Å². The smallest absolute Gasteiger partial charge is 0.193 e. The van der Waals surface area contributed by atoms with Crippen LogP contribution in [0.1, 0.15) is 26.7 Å². The summed E-state index contributed by atoms with van der Waals surface area (Å²) in [4.78, 5) is 6.74. The zero-order valence-electron chi connectivity index (χ0n) is 13.1. The van der Waals surface area contributed by atoms with Crippen LogP contribution in [0.4, 0.5) is 0 Å². The third-order valence-electron chi connectivity index (χ3n) is 4.36. The zero-order chi connectivity index (χ0) is 13.9. The monoisotopic (exact) mass is 397 g/mol. The molecule has 2 heterocycles. The van der Waals surface area contributed by atoms with E-state index in [2.05, 4.69) is 29.1 Å². The average Bonchev–Trinajstić information content (AvgIpc) is 3.02. The first-order valence-corrected chi connectivity index (χ1v) is 7.09. The highest BCUT2D eigenvalue weighted by Crippen LogP contribution is 2.38. The Morgan fingerprint density at radius 2 is 2.20 bits per heavy atom. The Labute approximate surface area is 139 Å². The largest absolute Gasteiger partial charge is 0.381 e. The number of rotatable bonds is 3. The van der Waals surface area contributed by atoms with Gasteiger partial charge in [0, 0.05) is 45.8 Å². The van der Waals surface area contributed by atoms with Crippen molar-refractivity contribution in [1.82, 2.24) is 10.2 Å². The van der Waals surface area contributed by atoms with Crippen LogP contribution < -0.4 is 5.32 Å². The Kier molecular flexibility index (Phi) is 6.53. The molecule has 2 rings (SSSR count). The Bertz CT molecular complexity index is 341. The molecular formula is C14H28IN3O2. The number of likely N-dealkylation sites (tertiary alicyclic amines) is 1. The average molecular weight is 397 g/mol. The van der Waals surface area contributed by atoms with Gasteiger partial charge >= 0.3 is 0 Å². The fourth-order valence-corrected chi connectivity index (χ4v) is 2.78. The van der Waals surface area contributed by atoms with Gasteiger partial charge in [0.2, 0.25) is 0 Å². The molecule has 1 N–H and O–H groups in total. The maximum absolute atomic E-state index is 5.57. The lowest BCUT2D eigenvalue weighted by molar-refractivity contribution is 0.0264. The fraction of sp³-hybridized carbons (Fsp3) is 0.929. The molecule has 1 spiro atoms. The van der Waals surface area contributed by atoms with Crippen LogP contribution in [0.2, 0.25) is 0 Å². The summed E-state index contributed by atoms with van der Waals surface area (Å²) in [5.74, 6) is 0.980. The van der Waals surface area contributed by atoms with Crippen LogP contribution in [0, 0.1) is 5.41 Å². The Morgan fingerprint density at radius 3 is 2.75 bits per heavy atom. The van der Waals surface area contributed by atoms with E-state index in [1.54, 1.807) is 7.11 Å². The molecule has 0 radical (unpaired) electrons. The van der Waals surface area contributed by atoms with E-state index in [0.717, 1.165) is 38.8 Å². The highest BCUT2D eigenvalue weighted by Gasteiger charge is 2.42. The van der Waals surface area contributed by atoms with Crippen molar-refractivity contribution in [2.75, 3.05) is 47.0 Å². The molecule has 1 unspecified atom stereocenters. The number of aliphatic imine (C=N–C) groups is 1. The molecule has 0 aromatic rings. The third-order valence-corrected chi connectivity index (χ3v) is 4.36. The van der Waals surface area contributed by atoms with Gasteiger partial charge in [0.15, 0.2) is 5.96 Å². The van der Waals surface area contributed by atoms with Gasteiger partial charge in [0.1, 0.15) is 0 Å². The Balaban J connectivity index is 0.00000200. The van der Waals surface area contributed by atoms with E-state index < -0.39 is 0 Å². The van der Waals surface area contributed by atoms with Gasteiger partial charge in [0.05, 0.1) is 12.2 Å². The number of halogens is 1. The van der Waals surface area contributed by atoms with Crippen LogP contribution in [-0.2, 0) is 9.47 Å². The van der Waals surface area contributed by atoms with Gasteiger partial charge in [-0.2, -0.15) is 0 Å². The molecule has 5 nitrogen and oxygen atoms in total. The van der Waals surface area contributed by atoms with Crippen LogP contribution in [0.25, 0.3) is 0 Å². The molecule has 20 heavy (non-hydrogen) atoms. The number of ether oxygens (including phenoxy) is 2. The van der Waals surface area contributed by atoms with Crippen LogP contribution in [0.3, 0.4) is 0 Å². The highest BCUT2D eigenvalue weighted by molar-refractivity contribution is 14.0. The van der Waals surface area contributed by atoms with Gasteiger partial charge in [-0.05, 0) is 26.7 Å². The van der Waals surface area contributed by atoms with Crippen molar-refractivity contribution in [3.05, 3.63) is 0 Å². The van der Waals surface area contributed by atoms with Gasteiger partial charge < -0.3 is 19.7 Å². The highest BCUT2D eigenvalue weighted by atomic mass is 127. The molecule has 1 atom stereocenters. The lowest BCUT2D eigenvalue weighted by atomic mass is 9.87. The minimum atomic E-state index is -0.177. The lowest BCUT2D eigenvalue weighted by Gasteiger charge is -2.28. The number of methoxy groups -OCH3 is 1. The van der Waals surface area contributed by atoms with Crippen molar-refractivity contribution < 1.29 is 9.47 Å². The molecule has 2 aliphatic heterocycles. The standard InChI is InChI=1S/C14H27N3O2.HI/c1-13(2,18-4)9-16-12(15-3)17-7-5-14(10-17)6-8-19-11-14;/h5-11H2,1-4H3,(H,15,16);1H. The summed E-state index contributed by atoms with van der Waals surface area (Å²) in [7, 11) is 3.59. The topological polar surface area (TPSA) is 46.1 Å². The summed E-state index contributed by atoms with van der Waals surface area (Å²) in [5, 5.41) is 3.42. The van der Waals surface area contributed by atoms with Gasteiger partial charge in [-0.15, -0.1) is 24.0 Å². The number of hydrogen-bond acceptors (Lipinski definition) is 3. The molecule has 2 fully saturated rings. The van der Waals surface area contributed by atoms with Gasteiger partial charge in [0.25, 0.3) is 0 Å². The normalized spacial score (nSPS) is 27.0. The van der Waals surface area contributed by atoms with Crippen LogP contribution in [0.15, 0.2) is 4.99 Å². The second-order valence-corrected chi connectivity index (χ2v) is 6.34. The van der Waals surface area contributed by atoms with E-state index in [9.17, 15) is 0 Å². The summed E-state index contributed by atoms with van der Waals surface area (Å²) in [6.07, 6.45) is 2.39. The first-order valence-electron chi connectivity index (χ1n) is 7.09. The number of hydrogen-bond donors (Lipinski definition) is 1. The molecule has 0 bridgehead atoms. The molecule has 2 aliphatic rings. The van der Waals surface area contributed by atoms with Crippen LogP contribution in [0.5, 0.6) is 0 Å². The first kappa shape index (κ1) is 18.0. The lowest BCUT2D eigenvalue weighted by Crippen LogP contribution is -2.47. The maximum atomic E-state index is 5.57. The summed E-state index contributed by atoms with van der Waals surface area (Å²) < 4.78 is 11.0. The third kappa shape index (κ3) is 4.21. The van der Waals surface area contributed by atoms with Gasteiger partial charge in [-0.25, -0.2) is 0 Å². The van der Waals surface area contributed by atoms with Crippen LogP contribution >= 0.6 is 24.0 Å². The van der Waals surface area contributed by atoms with E-state index in [4.69, 9.17) is 9.47 Å². The summed E-state index contributed by atoms with van der Waals surface area (Å²) in [6, 6.07) is 0. The predicted octanol–water partition coefficient (Wildman–Crippen LogP) is 1.72. The Hall–Kier alpha value is -0.0800. The molecule has 0 aromatic heterocycles. The molecule has 0 amide bonds. The van der Waals surface area contributed by atoms with Crippen molar-refractivity contribution in [1.29, 1.82) is 0 Å². The molecule has 0 aliphatic carbocycles. The zero-order valence-corrected chi connectivity index (χ0v) is 15.4. The summed E-state index contributed by atoms with van der Waals surface area (Å²) in [5.41, 5.74) is 0.193. The van der Waals surface area contributed by atoms with E-state index >= 15 is 0 Å². The number of guanidine groups is 1. The minimum absolute atomic E-state index is 0. The van der Waals surface area contributed by atoms with Crippen molar-refractivity contribution in [3.63, 3.8) is 0 Å². The summed E-state index contributed by atoms with van der Waals surface area (Å²) >= 11 is 0. The summed E-state index contributed by atoms with van der Waals surface area (Å²) in [6.45, 7) is 8.85. The molecule has 2 saturated heterocycles. The quantitative estimate of drug-likeness (QED) is 0.448. The van der Waals surface area contributed by atoms with Crippen molar-refractivity contribution >= 4 is 29.9 Å². The minimum Gasteiger partial charge on any atom is -0.381 e. The second-order valence-electron chi connectivity index (χ2n) is 6.34. The van der Waals surface area contributed by atoms with Crippen molar-refractivity contribution in [3.8, 4) is 0 Å². The first-order chi connectivity index (χ1) is 9.00. The van der Waals surface area contributed by atoms with Gasteiger partial charge in [-0.3, -0.25) is 4.99 Å². The van der Waals surface area contributed by atoms with E-state index in [1.165, 1.54) is 12.8 Å². The SMILES string of the molecule is CN=C(NCC(C)(C)OC)N1CCC2(CCOC2)C1.I. The van der Waals surface area contributed by atoms with E-state index in [1.807, 2.05) is 7.05 Å². The molecular weight excluding hydrogens is 369 g/mol. The van der Waals surface area contributed by atoms with E-state index in [0.29, 0.717) is 5.41 Å². The second kappa shape index (κ2) is 7.26. The molecule has 0 aromatic carbocycles. The maximum Gasteiger partial charge on any atom is 0.193 e. The molecule has 6 heteroatoms. The van der Waals surface area contributed by atoms with Gasteiger partial charge in [-0.1, -0.05) is 0 Å². The van der Waals surface area contributed by atoms with E-state index in [-0.39, 0.29) is 29.6 Å². The van der Waals surface area contributed by atoms with Crippen molar-refractivity contribution in [2.45, 2.75) is 32.3 Å². The number of nitrogens with one attached hydrogen (secondary N) is 1. The number of nitrogens with zero attached hydrogens (tertiary/aromatic N) is 2. The fourth-order valence-electron chi connectivity index (χ4n) is 2.78. The molecule has 0 saturated carbocycles.